The standard InChI is InChI=1S/C20H29F3N2O2/c1-15-4-2-7-19(15)27-14-18(26)13-24-8-10-25(11-9-24)17-6-3-5-16(12-17)20(21,22)23/h3,5-6,12,15,18-19,26H,2,4,7-11,13-14H2,1H3/t15-,18+,19-/m1/s1. The molecule has 1 aromatic carbocycles. The number of β-amino-alcohol motifs (C(OH)–C–C–N with tert-alkyl or cyclic N) is 1. The molecule has 1 saturated carbocycles. The van der Waals surface area contributed by atoms with Gasteiger partial charge in [-0.15, -0.1) is 0 Å². The fourth-order valence-electron chi connectivity index (χ4n) is 4.01. The number of nitrogens with zero attached hydrogens (tertiary/aromatic N) is 2. The Balaban J connectivity index is 1.43. The van der Waals surface area contributed by atoms with Gasteiger partial charge in [-0.2, -0.15) is 13.2 Å². The highest BCUT2D eigenvalue weighted by Gasteiger charge is 2.31. The molecule has 0 aromatic heterocycles. The molecule has 1 aliphatic heterocycles. The van der Waals surface area contributed by atoms with E-state index < -0.39 is 17.8 Å². The topological polar surface area (TPSA) is 35.9 Å². The number of benzene rings is 1. The highest BCUT2D eigenvalue weighted by atomic mass is 19.4. The summed E-state index contributed by atoms with van der Waals surface area (Å²) in [4.78, 5) is 4.12. The lowest BCUT2D eigenvalue weighted by molar-refractivity contribution is -0.137. The van der Waals surface area contributed by atoms with E-state index in [4.69, 9.17) is 4.74 Å². The number of hydrogen-bond donors (Lipinski definition) is 1. The van der Waals surface area contributed by atoms with Gasteiger partial charge in [0.25, 0.3) is 0 Å². The number of anilines is 1. The van der Waals surface area contributed by atoms with Gasteiger partial charge in [-0.05, 0) is 37.0 Å². The molecule has 152 valence electrons. The zero-order valence-electron chi connectivity index (χ0n) is 15.8. The van der Waals surface area contributed by atoms with Gasteiger partial charge in [-0.3, -0.25) is 4.90 Å². The maximum absolute atomic E-state index is 12.9. The van der Waals surface area contributed by atoms with E-state index in [1.54, 1.807) is 6.07 Å². The first-order chi connectivity index (χ1) is 12.8. The van der Waals surface area contributed by atoms with E-state index in [-0.39, 0.29) is 6.10 Å². The van der Waals surface area contributed by atoms with Crippen molar-refractivity contribution in [3.05, 3.63) is 29.8 Å². The van der Waals surface area contributed by atoms with Gasteiger partial charge in [0.1, 0.15) is 0 Å². The molecule has 2 fully saturated rings. The van der Waals surface area contributed by atoms with Gasteiger partial charge in [0, 0.05) is 38.4 Å². The monoisotopic (exact) mass is 386 g/mol. The summed E-state index contributed by atoms with van der Waals surface area (Å²) in [6.45, 7) is 5.81. The van der Waals surface area contributed by atoms with E-state index >= 15 is 0 Å². The molecule has 3 atom stereocenters. The number of rotatable bonds is 6. The average Bonchev–Trinajstić information content (AvgIpc) is 3.05. The number of aliphatic hydroxyl groups is 1. The predicted octanol–water partition coefficient (Wildman–Crippen LogP) is 3.39. The van der Waals surface area contributed by atoms with Crippen molar-refractivity contribution in [3.8, 4) is 0 Å². The third-order valence-electron chi connectivity index (χ3n) is 5.67. The Kier molecular flexibility index (Phi) is 6.65. The molecule has 0 bridgehead atoms. The lowest BCUT2D eigenvalue weighted by Gasteiger charge is -2.37. The molecular weight excluding hydrogens is 357 g/mol. The molecule has 3 rings (SSSR count). The fraction of sp³-hybridized carbons (Fsp3) is 0.700. The molecule has 1 heterocycles. The van der Waals surface area contributed by atoms with Crippen LogP contribution in [0.1, 0.15) is 31.7 Å². The molecule has 0 spiro atoms. The summed E-state index contributed by atoms with van der Waals surface area (Å²) in [7, 11) is 0. The smallest absolute Gasteiger partial charge is 0.389 e. The Labute approximate surface area is 158 Å². The SMILES string of the molecule is C[C@@H]1CCC[C@H]1OC[C@@H](O)CN1CCN(c2cccc(C(F)(F)F)c2)CC1. The van der Waals surface area contributed by atoms with Crippen LogP contribution < -0.4 is 4.90 Å². The Morgan fingerprint density at radius 2 is 1.93 bits per heavy atom. The number of alkyl halides is 3. The number of halogens is 3. The molecule has 2 aliphatic rings. The molecule has 1 saturated heterocycles. The van der Waals surface area contributed by atoms with Crippen molar-refractivity contribution >= 4 is 5.69 Å². The van der Waals surface area contributed by atoms with E-state index in [1.165, 1.54) is 25.0 Å². The maximum atomic E-state index is 12.9. The quantitative estimate of drug-likeness (QED) is 0.813. The van der Waals surface area contributed by atoms with E-state index in [0.717, 1.165) is 12.5 Å². The zero-order valence-corrected chi connectivity index (χ0v) is 15.8. The van der Waals surface area contributed by atoms with Gasteiger partial charge in [0.2, 0.25) is 0 Å². The van der Waals surface area contributed by atoms with Crippen LogP contribution in [0, 0.1) is 5.92 Å². The van der Waals surface area contributed by atoms with Gasteiger partial charge in [-0.25, -0.2) is 0 Å². The first kappa shape index (κ1) is 20.4. The van der Waals surface area contributed by atoms with Gasteiger partial charge in [0.15, 0.2) is 0 Å². The molecule has 1 aliphatic carbocycles. The second kappa shape index (κ2) is 8.80. The van der Waals surface area contributed by atoms with Crippen molar-refractivity contribution in [1.82, 2.24) is 4.90 Å². The minimum Gasteiger partial charge on any atom is -0.389 e. The highest BCUT2D eigenvalue weighted by molar-refractivity contribution is 5.49. The maximum Gasteiger partial charge on any atom is 0.416 e. The first-order valence-electron chi connectivity index (χ1n) is 9.77. The van der Waals surface area contributed by atoms with Gasteiger partial charge in [-0.1, -0.05) is 19.4 Å². The molecule has 0 amide bonds. The summed E-state index contributed by atoms with van der Waals surface area (Å²) in [5.74, 6) is 0.563. The van der Waals surface area contributed by atoms with Crippen LogP contribution in [0.3, 0.4) is 0 Å². The highest BCUT2D eigenvalue weighted by Crippen LogP contribution is 2.32. The molecular formula is C20H29F3N2O2. The Morgan fingerprint density at radius 3 is 2.56 bits per heavy atom. The minimum atomic E-state index is -4.32. The van der Waals surface area contributed by atoms with Crippen molar-refractivity contribution in [3.63, 3.8) is 0 Å². The number of ether oxygens (including phenoxy) is 1. The van der Waals surface area contributed by atoms with Crippen LogP contribution in [-0.2, 0) is 10.9 Å². The van der Waals surface area contributed by atoms with Crippen LogP contribution in [-0.4, -0.2) is 61.5 Å². The molecule has 0 unspecified atom stereocenters. The van der Waals surface area contributed by atoms with Crippen molar-refractivity contribution in [1.29, 1.82) is 0 Å². The van der Waals surface area contributed by atoms with E-state index in [9.17, 15) is 18.3 Å². The molecule has 27 heavy (non-hydrogen) atoms. The average molecular weight is 386 g/mol. The number of hydrogen-bond acceptors (Lipinski definition) is 4. The summed E-state index contributed by atoms with van der Waals surface area (Å²) < 4.78 is 44.5. The lowest BCUT2D eigenvalue weighted by Crippen LogP contribution is -2.49. The van der Waals surface area contributed by atoms with Crippen LogP contribution in [0.4, 0.5) is 18.9 Å². The summed E-state index contributed by atoms with van der Waals surface area (Å²) in [6.07, 6.45) is -1.13. The molecule has 7 heteroatoms. The lowest BCUT2D eigenvalue weighted by atomic mass is 10.1. The fourth-order valence-corrected chi connectivity index (χ4v) is 4.01. The van der Waals surface area contributed by atoms with Crippen molar-refractivity contribution in [2.75, 3.05) is 44.2 Å². The molecule has 1 N–H and O–H groups in total. The first-order valence-corrected chi connectivity index (χ1v) is 9.77. The van der Waals surface area contributed by atoms with Gasteiger partial charge < -0.3 is 14.7 Å². The summed E-state index contributed by atoms with van der Waals surface area (Å²) in [5, 5.41) is 10.3. The third kappa shape index (κ3) is 5.59. The molecule has 0 radical (unpaired) electrons. The van der Waals surface area contributed by atoms with E-state index in [0.29, 0.717) is 50.9 Å². The summed E-state index contributed by atoms with van der Waals surface area (Å²) >= 11 is 0. The largest absolute Gasteiger partial charge is 0.416 e. The van der Waals surface area contributed by atoms with Crippen LogP contribution in [0.25, 0.3) is 0 Å². The second-order valence-corrected chi connectivity index (χ2v) is 7.77. The van der Waals surface area contributed by atoms with Gasteiger partial charge >= 0.3 is 6.18 Å². The van der Waals surface area contributed by atoms with Crippen LogP contribution in [0.15, 0.2) is 24.3 Å². The minimum absolute atomic E-state index is 0.261. The van der Waals surface area contributed by atoms with Crippen molar-refractivity contribution in [2.24, 2.45) is 5.92 Å². The van der Waals surface area contributed by atoms with E-state index in [2.05, 4.69) is 11.8 Å². The Hall–Kier alpha value is -1.31. The van der Waals surface area contributed by atoms with Crippen molar-refractivity contribution < 1.29 is 23.0 Å². The Bertz CT molecular complexity index is 603. The summed E-state index contributed by atoms with van der Waals surface area (Å²) in [5.41, 5.74) is -0.0141. The van der Waals surface area contributed by atoms with Crippen LogP contribution >= 0.6 is 0 Å². The Morgan fingerprint density at radius 1 is 1.19 bits per heavy atom. The second-order valence-electron chi connectivity index (χ2n) is 7.77. The number of aliphatic hydroxyl groups excluding tert-OH is 1. The van der Waals surface area contributed by atoms with Crippen LogP contribution in [0.2, 0.25) is 0 Å². The summed E-state index contributed by atoms with van der Waals surface area (Å²) in [6, 6.07) is 5.48. The van der Waals surface area contributed by atoms with Gasteiger partial charge in [0.05, 0.1) is 24.4 Å². The zero-order chi connectivity index (χ0) is 19.4. The number of piperazine rings is 1. The molecule has 4 nitrogen and oxygen atoms in total. The van der Waals surface area contributed by atoms with Crippen molar-refractivity contribution in [2.45, 2.75) is 44.6 Å². The predicted molar refractivity (Wildman–Crippen MR) is 98.9 cm³/mol. The molecule has 1 aromatic rings. The van der Waals surface area contributed by atoms with E-state index in [1.807, 2.05) is 4.90 Å². The normalized spacial score (nSPS) is 25.7. The third-order valence-corrected chi connectivity index (χ3v) is 5.67. The van der Waals surface area contributed by atoms with Crippen LogP contribution in [0.5, 0.6) is 0 Å².